The Hall–Kier alpha value is -4.16. The highest BCUT2D eigenvalue weighted by atomic mass is 32.1. The summed E-state index contributed by atoms with van der Waals surface area (Å²) < 4.78 is 1.18. The van der Waals surface area contributed by atoms with Crippen LogP contribution in [0, 0.1) is 6.92 Å². The molecular weight excluding hydrogens is 428 g/mol. The lowest BCUT2D eigenvalue weighted by atomic mass is 10.1. The third-order valence-electron chi connectivity index (χ3n) is 5.53. The van der Waals surface area contributed by atoms with E-state index in [2.05, 4.69) is 40.4 Å². The number of aromatic nitrogens is 3. The van der Waals surface area contributed by atoms with Gasteiger partial charge < -0.3 is 5.32 Å². The van der Waals surface area contributed by atoms with Gasteiger partial charge in [0.2, 0.25) is 0 Å². The number of nitrogens with one attached hydrogen (secondary N) is 1. The number of carbonyl (C=O) groups excluding carboxylic acids is 1. The van der Waals surface area contributed by atoms with E-state index in [1.54, 1.807) is 23.5 Å². The first-order chi connectivity index (χ1) is 16.1. The molecule has 0 saturated heterocycles. The van der Waals surface area contributed by atoms with Crippen molar-refractivity contribution in [2.24, 2.45) is 0 Å². The zero-order chi connectivity index (χ0) is 22.4. The first kappa shape index (κ1) is 19.5. The summed E-state index contributed by atoms with van der Waals surface area (Å²) >= 11 is 1.67. The average molecular weight is 447 g/mol. The lowest BCUT2D eigenvalue weighted by molar-refractivity contribution is 0.102. The third kappa shape index (κ3) is 3.70. The van der Waals surface area contributed by atoms with Gasteiger partial charge in [0.25, 0.3) is 5.91 Å². The Morgan fingerprint density at radius 1 is 0.727 bits per heavy atom. The number of para-hydroxylation sites is 2. The smallest absolute Gasteiger partial charge is 0.255 e. The molecule has 1 N–H and O–H groups in total. The Labute approximate surface area is 193 Å². The predicted octanol–water partition coefficient (Wildman–Crippen LogP) is 6.62. The maximum absolute atomic E-state index is 12.9. The zero-order valence-corrected chi connectivity index (χ0v) is 18.6. The SMILES string of the molecule is Cc1ccc2nc(-c3ccc(NC(=O)c4ccc5nc6ccccc6nc5c4)cc3)sc2c1. The largest absolute Gasteiger partial charge is 0.322 e. The van der Waals surface area contributed by atoms with Gasteiger partial charge in [0.1, 0.15) is 5.01 Å². The summed E-state index contributed by atoms with van der Waals surface area (Å²) in [4.78, 5) is 26.9. The normalized spacial score (nSPS) is 11.3. The first-order valence-electron chi connectivity index (χ1n) is 10.6. The second kappa shape index (κ2) is 7.76. The van der Waals surface area contributed by atoms with Gasteiger partial charge in [-0.25, -0.2) is 15.0 Å². The van der Waals surface area contributed by atoms with Crippen molar-refractivity contribution in [3.05, 3.63) is 96.1 Å². The fourth-order valence-electron chi connectivity index (χ4n) is 3.82. The van der Waals surface area contributed by atoms with Crippen molar-refractivity contribution in [2.45, 2.75) is 6.92 Å². The van der Waals surface area contributed by atoms with Gasteiger partial charge in [0.15, 0.2) is 0 Å². The number of benzene rings is 4. The van der Waals surface area contributed by atoms with Crippen LogP contribution >= 0.6 is 11.3 Å². The lowest BCUT2D eigenvalue weighted by Gasteiger charge is -2.07. The van der Waals surface area contributed by atoms with Crippen molar-refractivity contribution in [3.8, 4) is 10.6 Å². The van der Waals surface area contributed by atoms with Crippen LogP contribution < -0.4 is 5.32 Å². The van der Waals surface area contributed by atoms with Crippen LogP contribution in [0.15, 0.2) is 84.9 Å². The third-order valence-corrected chi connectivity index (χ3v) is 6.60. The molecule has 6 rings (SSSR count). The lowest BCUT2D eigenvalue weighted by Crippen LogP contribution is -2.11. The topological polar surface area (TPSA) is 67.8 Å². The van der Waals surface area contributed by atoms with Gasteiger partial charge in [-0.05, 0) is 79.2 Å². The van der Waals surface area contributed by atoms with Crippen LogP contribution in [0.5, 0.6) is 0 Å². The molecule has 0 saturated carbocycles. The number of fused-ring (bicyclic) bond motifs is 3. The predicted molar refractivity (Wildman–Crippen MR) is 135 cm³/mol. The maximum atomic E-state index is 12.9. The highest BCUT2D eigenvalue weighted by molar-refractivity contribution is 7.21. The molecule has 0 unspecified atom stereocenters. The summed E-state index contributed by atoms with van der Waals surface area (Å²) in [5, 5.41) is 3.94. The van der Waals surface area contributed by atoms with E-state index in [9.17, 15) is 4.79 Å². The first-order valence-corrected chi connectivity index (χ1v) is 11.4. The van der Waals surface area contributed by atoms with Crippen molar-refractivity contribution in [1.29, 1.82) is 0 Å². The quantitative estimate of drug-likeness (QED) is 0.310. The van der Waals surface area contributed by atoms with Crippen molar-refractivity contribution < 1.29 is 4.79 Å². The number of thiazole rings is 1. The van der Waals surface area contributed by atoms with Crippen LogP contribution in [0.3, 0.4) is 0 Å². The molecule has 0 aliphatic rings. The molecule has 2 aromatic heterocycles. The fraction of sp³-hybridized carbons (Fsp3) is 0.0370. The van der Waals surface area contributed by atoms with Crippen LogP contribution in [0.2, 0.25) is 0 Å². The molecule has 0 radical (unpaired) electrons. The van der Waals surface area contributed by atoms with Gasteiger partial charge in [-0.2, -0.15) is 0 Å². The number of hydrogen-bond donors (Lipinski definition) is 1. The number of amides is 1. The van der Waals surface area contributed by atoms with Gasteiger partial charge >= 0.3 is 0 Å². The van der Waals surface area contributed by atoms with Crippen LogP contribution in [0.1, 0.15) is 15.9 Å². The second-order valence-electron chi connectivity index (χ2n) is 7.94. The standard InChI is InChI=1S/C27H18N4OS/c1-16-6-12-23-25(14-16)33-27(31-23)17-7-10-19(11-8-17)28-26(32)18-9-13-22-24(15-18)30-21-5-3-2-4-20(21)29-22/h2-15H,1H3,(H,28,32). The number of rotatable bonds is 3. The molecule has 5 nitrogen and oxygen atoms in total. The van der Waals surface area contributed by atoms with Crippen molar-refractivity contribution in [3.63, 3.8) is 0 Å². The van der Waals surface area contributed by atoms with Gasteiger partial charge in [0, 0.05) is 16.8 Å². The van der Waals surface area contributed by atoms with Crippen LogP contribution in [-0.2, 0) is 0 Å². The molecule has 0 atom stereocenters. The monoisotopic (exact) mass is 446 g/mol. The van der Waals surface area contributed by atoms with Crippen LogP contribution in [-0.4, -0.2) is 20.9 Å². The number of anilines is 1. The van der Waals surface area contributed by atoms with Crippen molar-refractivity contribution >= 4 is 55.2 Å². The number of nitrogens with zero attached hydrogens (tertiary/aromatic N) is 3. The molecule has 158 valence electrons. The number of aryl methyl sites for hydroxylation is 1. The van der Waals surface area contributed by atoms with E-state index >= 15 is 0 Å². The Bertz CT molecular complexity index is 1670. The van der Waals surface area contributed by atoms with Crippen LogP contribution in [0.25, 0.3) is 42.9 Å². The Balaban J connectivity index is 1.24. The van der Waals surface area contributed by atoms with E-state index in [0.29, 0.717) is 11.1 Å². The van der Waals surface area contributed by atoms with Gasteiger partial charge in [0.05, 0.1) is 32.3 Å². The Kier molecular flexibility index (Phi) is 4.59. The van der Waals surface area contributed by atoms with Gasteiger partial charge in [-0.3, -0.25) is 4.79 Å². The molecule has 0 spiro atoms. The zero-order valence-electron chi connectivity index (χ0n) is 17.7. The number of hydrogen-bond acceptors (Lipinski definition) is 5. The molecule has 6 aromatic rings. The van der Waals surface area contributed by atoms with Gasteiger partial charge in [-0.15, -0.1) is 11.3 Å². The summed E-state index contributed by atoms with van der Waals surface area (Å²) in [6.07, 6.45) is 0. The molecule has 2 heterocycles. The molecule has 1 amide bonds. The molecule has 0 bridgehead atoms. The summed E-state index contributed by atoms with van der Waals surface area (Å²) in [5.74, 6) is -0.185. The molecule has 0 fully saturated rings. The highest BCUT2D eigenvalue weighted by Gasteiger charge is 2.11. The van der Waals surface area contributed by atoms with Crippen LogP contribution in [0.4, 0.5) is 5.69 Å². The average Bonchev–Trinajstić information content (AvgIpc) is 3.26. The van der Waals surface area contributed by atoms with Crippen molar-refractivity contribution in [2.75, 3.05) is 5.32 Å². The highest BCUT2D eigenvalue weighted by Crippen LogP contribution is 2.31. The Morgan fingerprint density at radius 2 is 1.42 bits per heavy atom. The fourth-order valence-corrected chi connectivity index (χ4v) is 4.89. The van der Waals surface area contributed by atoms with E-state index in [0.717, 1.165) is 38.3 Å². The minimum atomic E-state index is -0.185. The minimum Gasteiger partial charge on any atom is -0.322 e. The number of carbonyl (C=O) groups is 1. The van der Waals surface area contributed by atoms with E-state index in [1.165, 1.54) is 10.3 Å². The Morgan fingerprint density at radius 3 is 2.21 bits per heavy atom. The summed E-state index contributed by atoms with van der Waals surface area (Å²) in [7, 11) is 0. The van der Waals surface area contributed by atoms with E-state index in [1.807, 2.05) is 54.6 Å². The van der Waals surface area contributed by atoms with Gasteiger partial charge in [-0.1, -0.05) is 18.2 Å². The second-order valence-corrected chi connectivity index (χ2v) is 8.97. The molecule has 0 aliphatic heterocycles. The summed E-state index contributed by atoms with van der Waals surface area (Å²) in [6.45, 7) is 2.08. The maximum Gasteiger partial charge on any atom is 0.255 e. The molecular formula is C27H18N4OS. The molecule has 6 heteroatoms. The minimum absolute atomic E-state index is 0.185. The molecule has 33 heavy (non-hydrogen) atoms. The van der Waals surface area contributed by atoms with E-state index in [4.69, 9.17) is 4.98 Å². The summed E-state index contributed by atoms with van der Waals surface area (Å²) in [6, 6.07) is 27.2. The summed E-state index contributed by atoms with van der Waals surface area (Å²) in [5.41, 5.74) is 7.63. The van der Waals surface area contributed by atoms with Crippen molar-refractivity contribution in [1.82, 2.24) is 15.0 Å². The van der Waals surface area contributed by atoms with E-state index in [-0.39, 0.29) is 5.91 Å². The molecule has 4 aromatic carbocycles. The van der Waals surface area contributed by atoms with E-state index < -0.39 is 0 Å². The molecule has 0 aliphatic carbocycles.